The number of hydrogen-bond acceptors (Lipinski definition) is 6. The maximum Gasteiger partial charge on any atom is 0.261 e. The average Bonchev–Trinajstić information content (AvgIpc) is 3.21. The number of thiazole rings is 1. The van der Waals surface area contributed by atoms with E-state index in [1.54, 1.807) is 22.7 Å². The van der Waals surface area contributed by atoms with E-state index in [9.17, 15) is 4.79 Å². The van der Waals surface area contributed by atoms with Gasteiger partial charge < -0.3 is 15.4 Å². The Hall–Kier alpha value is -0.700. The molecule has 2 aromatic rings. The number of fused-ring (bicyclic) bond motifs is 2. The molecule has 2 aromatic heterocycles. The monoisotopic (exact) mass is 463 g/mol. The number of hydrogen-bond donors (Lipinski definition) is 2. The summed E-state index contributed by atoms with van der Waals surface area (Å²) in [5, 5.41) is 7.56. The van der Waals surface area contributed by atoms with Crippen LogP contribution in [0, 0.1) is 13.8 Å². The van der Waals surface area contributed by atoms with Crippen molar-refractivity contribution < 1.29 is 9.53 Å². The zero-order valence-corrected chi connectivity index (χ0v) is 19.4. The van der Waals surface area contributed by atoms with E-state index in [2.05, 4.69) is 28.6 Å². The number of thiophene rings is 1. The predicted molar refractivity (Wildman–Crippen MR) is 120 cm³/mol. The van der Waals surface area contributed by atoms with Crippen molar-refractivity contribution in [1.82, 2.24) is 15.6 Å². The molecule has 0 radical (unpaired) electrons. The van der Waals surface area contributed by atoms with Crippen molar-refractivity contribution >= 4 is 53.4 Å². The Morgan fingerprint density at radius 1 is 1.29 bits per heavy atom. The Kier molecular flexibility index (Phi) is 8.31. The lowest BCUT2D eigenvalue weighted by Crippen LogP contribution is -2.43. The molecule has 1 spiro atoms. The van der Waals surface area contributed by atoms with Crippen molar-refractivity contribution in [3.63, 3.8) is 0 Å². The van der Waals surface area contributed by atoms with E-state index in [4.69, 9.17) is 4.74 Å². The van der Waals surface area contributed by atoms with Crippen LogP contribution in [0.5, 0.6) is 0 Å². The van der Waals surface area contributed by atoms with Gasteiger partial charge in [-0.15, -0.1) is 47.5 Å². The van der Waals surface area contributed by atoms with Gasteiger partial charge in [0.05, 0.1) is 22.2 Å². The molecule has 1 saturated heterocycles. The normalized spacial score (nSPS) is 17.4. The van der Waals surface area contributed by atoms with Crippen LogP contribution in [0.4, 0.5) is 0 Å². The summed E-state index contributed by atoms with van der Waals surface area (Å²) in [6, 6.07) is 2.08. The summed E-state index contributed by atoms with van der Waals surface area (Å²) in [6.07, 6.45) is 3.68. The second kappa shape index (κ2) is 9.87. The molecule has 4 rings (SSSR count). The van der Waals surface area contributed by atoms with Gasteiger partial charge in [0.15, 0.2) is 0 Å². The number of carbonyl (C=O) groups excluding carboxylic acids is 1. The molecule has 2 aliphatic heterocycles. The van der Waals surface area contributed by atoms with Crippen LogP contribution in [0.1, 0.15) is 48.5 Å². The average molecular weight is 464 g/mol. The molecular formula is C19H27Cl2N3O2S2. The Morgan fingerprint density at radius 3 is 2.71 bits per heavy atom. The number of amides is 1. The second-order valence-electron chi connectivity index (χ2n) is 7.06. The summed E-state index contributed by atoms with van der Waals surface area (Å²) < 4.78 is 6.21. The molecule has 2 N–H and O–H groups in total. The first-order valence-corrected chi connectivity index (χ1v) is 10.9. The molecule has 2 aliphatic rings. The van der Waals surface area contributed by atoms with Gasteiger partial charge in [-0.1, -0.05) is 0 Å². The number of aromatic nitrogens is 1. The number of aryl methyl sites for hydroxylation is 2. The standard InChI is InChI=1S/C19H25N3O2S2.2ClH/c1-12-13(2)25-16(22-12)3-7-21-18(23)15-11-14-4-10-24-19(17(14)26-15)5-8-20-9-6-19;;/h11,20H,3-10H2,1-2H3,(H,21,23);2*1H. The van der Waals surface area contributed by atoms with Gasteiger partial charge in [0.2, 0.25) is 0 Å². The molecule has 0 aliphatic carbocycles. The fourth-order valence-corrected chi connectivity index (χ4v) is 6.01. The molecule has 1 amide bonds. The maximum atomic E-state index is 12.6. The molecular weight excluding hydrogens is 437 g/mol. The molecule has 5 nitrogen and oxygen atoms in total. The predicted octanol–water partition coefficient (Wildman–Crippen LogP) is 3.79. The zero-order valence-electron chi connectivity index (χ0n) is 16.1. The Balaban J connectivity index is 0.00000140. The first kappa shape index (κ1) is 23.6. The van der Waals surface area contributed by atoms with Crippen LogP contribution in [0.2, 0.25) is 0 Å². The van der Waals surface area contributed by atoms with Crippen LogP contribution in [0.15, 0.2) is 6.07 Å². The van der Waals surface area contributed by atoms with Crippen LogP contribution < -0.4 is 10.6 Å². The number of carbonyl (C=O) groups is 1. The van der Waals surface area contributed by atoms with Gasteiger partial charge in [-0.05, 0) is 57.8 Å². The van der Waals surface area contributed by atoms with E-state index in [1.807, 2.05) is 6.92 Å². The molecule has 28 heavy (non-hydrogen) atoms. The van der Waals surface area contributed by atoms with Crippen LogP contribution in [-0.2, 0) is 23.2 Å². The number of ether oxygens (including phenoxy) is 1. The minimum atomic E-state index is -0.169. The van der Waals surface area contributed by atoms with Crippen molar-refractivity contribution in [3.05, 3.63) is 37.0 Å². The molecule has 0 aromatic carbocycles. The largest absolute Gasteiger partial charge is 0.369 e. The number of halogens is 2. The van der Waals surface area contributed by atoms with Gasteiger partial charge in [0.25, 0.3) is 5.91 Å². The van der Waals surface area contributed by atoms with Gasteiger partial charge in [-0.3, -0.25) is 4.79 Å². The van der Waals surface area contributed by atoms with E-state index >= 15 is 0 Å². The number of nitrogens with one attached hydrogen (secondary N) is 2. The summed E-state index contributed by atoms with van der Waals surface area (Å²) in [5.41, 5.74) is 2.23. The smallest absolute Gasteiger partial charge is 0.261 e. The van der Waals surface area contributed by atoms with E-state index in [1.165, 1.54) is 15.3 Å². The topological polar surface area (TPSA) is 63.2 Å². The first-order valence-electron chi connectivity index (χ1n) is 9.26. The Morgan fingerprint density at radius 2 is 2.04 bits per heavy atom. The molecule has 0 unspecified atom stereocenters. The summed E-state index contributed by atoms with van der Waals surface area (Å²) in [7, 11) is 0. The van der Waals surface area contributed by atoms with Gasteiger partial charge in [0.1, 0.15) is 5.60 Å². The Labute approximate surface area is 186 Å². The van der Waals surface area contributed by atoms with Gasteiger partial charge in [-0.25, -0.2) is 4.98 Å². The molecule has 156 valence electrons. The summed E-state index contributed by atoms with van der Waals surface area (Å²) in [5.74, 6) is 0.0264. The number of nitrogens with zero attached hydrogens (tertiary/aromatic N) is 1. The highest BCUT2D eigenvalue weighted by molar-refractivity contribution is 7.14. The van der Waals surface area contributed by atoms with E-state index in [-0.39, 0.29) is 36.3 Å². The van der Waals surface area contributed by atoms with Crippen molar-refractivity contribution in [2.24, 2.45) is 0 Å². The molecule has 0 atom stereocenters. The van der Waals surface area contributed by atoms with Crippen LogP contribution in [-0.4, -0.2) is 37.1 Å². The lowest BCUT2D eigenvalue weighted by molar-refractivity contribution is -0.0771. The van der Waals surface area contributed by atoms with Crippen molar-refractivity contribution in [2.75, 3.05) is 26.2 Å². The Bertz CT molecular complexity index is 797. The fraction of sp³-hybridized carbons (Fsp3) is 0.579. The third-order valence-electron chi connectivity index (χ3n) is 5.30. The molecule has 0 saturated carbocycles. The highest BCUT2D eigenvalue weighted by Gasteiger charge is 2.41. The van der Waals surface area contributed by atoms with E-state index < -0.39 is 0 Å². The minimum absolute atomic E-state index is 0. The van der Waals surface area contributed by atoms with Crippen LogP contribution in [0.25, 0.3) is 0 Å². The summed E-state index contributed by atoms with van der Waals surface area (Å²) in [6.45, 7) is 7.45. The number of piperidine rings is 1. The van der Waals surface area contributed by atoms with E-state index in [0.717, 1.165) is 61.0 Å². The third kappa shape index (κ3) is 4.71. The minimum Gasteiger partial charge on any atom is -0.369 e. The first-order chi connectivity index (χ1) is 12.6. The number of rotatable bonds is 4. The van der Waals surface area contributed by atoms with Crippen molar-refractivity contribution in [3.8, 4) is 0 Å². The summed E-state index contributed by atoms with van der Waals surface area (Å²) in [4.78, 5) is 20.5. The third-order valence-corrected chi connectivity index (χ3v) is 7.80. The highest BCUT2D eigenvalue weighted by atomic mass is 35.5. The van der Waals surface area contributed by atoms with Gasteiger partial charge in [0, 0.05) is 22.7 Å². The summed E-state index contributed by atoms with van der Waals surface area (Å²) >= 11 is 3.34. The van der Waals surface area contributed by atoms with Crippen molar-refractivity contribution in [1.29, 1.82) is 0 Å². The quantitative estimate of drug-likeness (QED) is 0.723. The van der Waals surface area contributed by atoms with Gasteiger partial charge >= 0.3 is 0 Å². The van der Waals surface area contributed by atoms with Crippen LogP contribution in [0.3, 0.4) is 0 Å². The van der Waals surface area contributed by atoms with Crippen LogP contribution >= 0.6 is 47.5 Å². The second-order valence-corrected chi connectivity index (χ2v) is 9.40. The van der Waals surface area contributed by atoms with Gasteiger partial charge in [-0.2, -0.15) is 0 Å². The molecule has 9 heteroatoms. The van der Waals surface area contributed by atoms with E-state index in [0.29, 0.717) is 6.54 Å². The zero-order chi connectivity index (χ0) is 18.1. The maximum absolute atomic E-state index is 12.6. The molecule has 1 fully saturated rings. The lowest BCUT2D eigenvalue weighted by atomic mass is 9.86. The molecule has 0 bridgehead atoms. The molecule has 4 heterocycles. The highest BCUT2D eigenvalue weighted by Crippen LogP contribution is 2.44. The lowest BCUT2D eigenvalue weighted by Gasteiger charge is -2.40. The van der Waals surface area contributed by atoms with Crippen molar-refractivity contribution in [2.45, 2.75) is 45.1 Å². The fourth-order valence-electron chi connectivity index (χ4n) is 3.75. The SMILES string of the molecule is Cc1nc(CCNC(=O)c2cc3c(s2)C2(CCNCC2)OCC3)sc1C.Cl.Cl.